The number of thiocarbonyl (C=S) groups is 1. The Morgan fingerprint density at radius 1 is 1.19 bits per heavy atom. The van der Waals surface area contributed by atoms with Gasteiger partial charge in [0.1, 0.15) is 11.5 Å². The normalized spacial score (nSPS) is 25.9. The third-order valence-corrected chi connectivity index (χ3v) is 5.89. The molecule has 1 fully saturated rings. The molecule has 4 rings (SSSR count). The van der Waals surface area contributed by atoms with E-state index in [1.807, 2.05) is 12.1 Å². The van der Waals surface area contributed by atoms with E-state index in [2.05, 4.69) is 49.6 Å². The van der Waals surface area contributed by atoms with Gasteiger partial charge in [-0.05, 0) is 50.2 Å². The van der Waals surface area contributed by atoms with Crippen LogP contribution in [0.2, 0.25) is 5.02 Å². The van der Waals surface area contributed by atoms with E-state index in [-0.39, 0.29) is 17.2 Å². The van der Waals surface area contributed by atoms with Crippen molar-refractivity contribution in [3.05, 3.63) is 58.1 Å². The second-order valence-corrected chi connectivity index (χ2v) is 9.01. The summed E-state index contributed by atoms with van der Waals surface area (Å²) in [6, 6.07) is 11.8. The van der Waals surface area contributed by atoms with Gasteiger partial charge in [-0.2, -0.15) is 0 Å². The first-order valence-electron chi connectivity index (χ1n) is 9.05. The van der Waals surface area contributed by atoms with Gasteiger partial charge in [-0.25, -0.2) is 0 Å². The Kier molecular flexibility index (Phi) is 4.28. The molecule has 142 valence electrons. The zero-order chi connectivity index (χ0) is 19.4. The summed E-state index contributed by atoms with van der Waals surface area (Å²) in [5.41, 5.74) is 2.58. The first-order valence-corrected chi connectivity index (χ1v) is 9.84. The summed E-state index contributed by atoms with van der Waals surface area (Å²) < 4.78 is 6.44. The van der Waals surface area contributed by atoms with E-state index >= 15 is 0 Å². The van der Waals surface area contributed by atoms with Crippen molar-refractivity contribution in [3.8, 4) is 11.5 Å². The van der Waals surface area contributed by atoms with Crippen LogP contribution in [0.3, 0.4) is 0 Å². The Morgan fingerprint density at radius 2 is 1.93 bits per heavy atom. The minimum absolute atomic E-state index is 0.0202. The summed E-state index contributed by atoms with van der Waals surface area (Å²) in [6.45, 7) is 6.34. The molecule has 0 bridgehead atoms. The van der Waals surface area contributed by atoms with Crippen molar-refractivity contribution < 1.29 is 9.84 Å². The fourth-order valence-corrected chi connectivity index (χ4v) is 5.03. The molecule has 0 aromatic heterocycles. The fraction of sp³-hybridized carbons (Fsp3) is 0.381. The van der Waals surface area contributed by atoms with Crippen LogP contribution in [0.25, 0.3) is 0 Å². The third kappa shape index (κ3) is 3.34. The molecule has 27 heavy (non-hydrogen) atoms. The van der Waals surface area contributed by atoms with Crippen molar-refractivity contribution in [2.24, 2.45) is 0 Å². The topological polar surface area (TPSA) is 53.5 Å². The number of halogens is 1. The monoisotopic (exact) mass is 402 g/mol. The lowest BCUT2D eigenvalue weighted by molar-refractivity contribution is -0.0128. The molecule has 0 radical (unpaired) electrons. The zero-order valence-corrected chi connectivity index (χ0v) is 17.2. The van der Waals surface area contributed by atoms with Crippen LogP contribution in [0.4, 0.5) is 0 Å². The van der Waals surface area contributed by atoms with Gasteiger partial charge in [0.05, 0.1) is 5.02 Å². The van der Waals surface area contributed by atoms with Crippen molar-refractivity contribution >= 4 is 28.9 Å². The van der Waals surface area contributed by atoms with Gasteiger partial charge in [-0.15, -0.1) is 0 Å². The number of phenols is 1. The molecule has 1 spiro atoms. The number of phenolic OH excluding ortho intramolecular Hbond substituents is 1. The maximum absolute atomic E-state index is 10.2. The zero-order valence-electron chi connectivity index (χ0n) is 15.6. The minimum Gasteiger partial charge on any atom is -0.506 e. The maximum atomic E-state index is 10.2. The Morgan fingerprint density at radius 3 is 2.63 bits per heavy atom. The molecule has 4 nitrogen and oxygen atoms in total. The predicted molar refractivity (Wildman–Crippen MR) is 112 cm³/mol. The predicted octanol–water partition coefficient (Wildman–Crippen LogP) is 4.61. The van der Waals surface area contributed by atoms with Crippen LogP contribution in [0.1, 0.15) is 49.3 Å². The van der Waals surface area contributed by atoms with Crippen LogP contribution in [0.15, 0.2) is 36.4 Å². The van der Waals surface area contributed by atoms with Gasteiger partial charge in [0.15, 0.2) is 10.8 Å². The van der Waals surface area contributed by atoms with Crippen molar-refractivity contribution in [1.29, 1.82) is 0 Å². The minimum atomic E-state index is -0.647. The highest BCUT2D eigenvalue weighted by atomic mass is 35.5. The maximum Gasteiger partial charge on any atom is 0.185 e. The molecule has 2 aliphatic heterocycles. The molecule has 6 heteroatoms. The number of rotatable bonds is 1. The number of fused-ring (bicyclic) bond motifs is 1. The Bertz CT molecular complexity index is 930. The largest absolute Gasteiger partial charge is 0.506 e. The van der Waals surface area contributed by atoms with E-state index in [1.165, 1.54) is 11.1 Å². The van der Waals surface area contributed by atoms with Crippen LogP contribution in [0.5, 0.6) is 11.5 Å². The highest BCUT2D eigenvalue weighted by molar-refractivity contribution is 7.80. The van der Waals surface area contributed by atoms with Gasteiger partial charge < -0.3 is 20.5 Å². The molecule has 0 unspecified atom stereocenters. The molecule has 0 amide bonds. The number of ether oxygens (including phenoxy) is 1. The SMILES string of the molecule is Cc1ccccc1[C@@H]1C[C@@]2(CC(C)(C)NC(=S)N2)Oc2cc(O)c(Cl)cc21. The standard InChI is InChI=1S/C21H23ClN2O2S/c1-12-6-4-5-7-13(12)15-10-21(11-20(2,3)23-19(27)24-21)26-18-9-17(25)16(22)8-14(15)18/h4-9,15,25H,10-11H2,1-3H3,(H2,23,24,27)/t15-,21-/m0/s1. The number of benzene rings is 2. The van der Waals surface area contributed by atoms with Gasteiger partial charge in [0, 0.05) is 35.9 Å². The molecule has 2 aromatic carbocycles. The fourth-order valence-electron chi connectivity index (χ4n) is 4.40. The van der Waals surface area contributed by atoms with E-state index in [9.17, 15) is 5.11 Å². The van der Waals surface area contributed by atoms with E-state index in [4.69, 9.17) is 28.6 Å². The van der Waals surface area contributed by atoms with Gasteiger partial charge in [0.2, 0.25) is 0 Å². The van der Waals surface area contributed by atoms with E-state index in [0.717, 1.165) is 18.4 Å². The second-order valence-electron chi connectivity index (χ2n) is 8.19. The molecule has 2 aromatic rings. The number of nitrogens with one attached hydrogen (secondary N) is 2. The van der Waals surface area contributed by atoms with E-state index in [1.54, 1.807) is 6.07 Å². The highest BCUT2D eigenvalue weighted by Gasteiger charge is 2.49. The molecular formula is C21H23ClN2O2S. The number of aryl methyl sites for hydroxylation is 1. The van der Waals surface area contributed by atoms with Crippen LogP contribution in [-0.4, -0.2) is 21.5 Å². The molecule has 0 aliphatic carbocycles. The van der Waals surface area contributed by atoms with Crippen LogP contribution in [0, 0.1) is 6.92 Å². The Hall–Kier alpha value is -1.98. The Balaban J connectivity index is 1.87. The van der Waals surface area contributed by atoms with Crippen molar-refractivity contribution in [2.45, 2.75) is 50.8 Å². The smallest absolute Gasteiger partial charge is 0.185 e. The molecule has 0 saturated carbocycles. The number of hydrogen-bond acceptors (Lipinski definition) is 3. The second kappa shape index (κ2) is 6.28. The summed E-state index contributed by atoms with van der Waals surface area (Å²) in [5, 5.41) is 17.7. The van der Waals surface area contributed by atoms with E-state index < -0.39 is 5.72 Å². The van der Waals surface area contributed by atoms with Crippen molar-refractivity contribution in [1.82, 2.24) is 10.6 Å². The molecule has 2 atom stereocenters. The van der Waals surface area contributed by atoms with Gasteiger partial charge in [-0.1, -0.05) is 35.9 Å². The van der Waals surface area contributed by atoms with Crippen molar-refractivity contribution in [2.75, 3.05) is 0 Å². The molecule has 1 saturated heterocycles. The highest BCUT2D eigenvalue weighted by Crippen LogP contribution is 2.49. The number of hydrogen-bond donors (Lipinski definition) is 3. The lowest BCUT2D eigenvalue weighted by atomic mass is 9.76. The lowest BCUT2D eigenvalue weighted by Crippen LogP contribution is -2.69. The first-order chi connectivity index (χ1) is 12.7. The summed E-state index contributed by atoms with van der Waals surface area (Å²) in [6.07, 6.45) is 1.45. The summed E-state index contributed by atoms with van der Waals surface area (Å²) in [5.74, 6) is 0.744. The summed E-state index contributed by atoms with van der Waals surface area (Å²) in [4.78, 5) is 0. The van der Waals surface area contributed by atoms with Gasteiger partial charge in [-0.3, -0.25) is 0 Å². The average Bonchev–Trinajstić information content (AvgIpc) is 2.54. The van der Waals surface area contributed by atoms with Gasteiger partial charge in [0.25, 0.3) is 0 Å². The van der Waals surface area contributed by atoms with E-state index in [0.29, 0.717) is 15.9 Å². The molecular weight excluding hydrogens is 380 g/mol. The summed E-state index contributed by atoms with van der Waals surface area (Å²) in [7, 11) is 0. The van der Waals surface area contributed by atoms with Crippen LogP contribution in [-0.2, 0) is 0 Å². The summed E-state index contributed by atoms with van der Waals surface area (Å²) >= 11 is 11.7. The first kappa shape index (κ1) is 18.4. The Labute approximate surface area is 169 Å². The number of aromatic hydroxyl groups is 1. The van der Waals surface area contributed by atoms with Crippen LogP contribution >= 0.6 is 23.8 Å². The van der Waals surface area contributed by atoms with Crippen LogP contribution < -0.4 is 15.4 Å². The quantitative estimate of drug-likeness (QED) is 0.608. The van der Waals surface area contributed by atoms with Crippen molar-refractivity contribution in [3.63, 3.8) is 0 Å². The molecule has 2 heterocycles. The molecule has 3 N–H and O–H groups in total. The van der Waals surface area contributed by atoms with Gasteiger partial charge >= 0.3 is 0 Å². The third-order valence-electron chi connectivity index (χ3n) is 5.38. The molecule has 2 aliphatic rings. The average molecular weight is 403 g/mol. The lowest BCUT2D eigenvalue weighted by Gasteiger charge is -2.50.